The number of halogens is 1. The molecule has 0 bridgehead atoms. The Morgan fingerprint density at radius 2 is 2.50 bits per heavy atom. The van der Waals surface area contributed by atoms with Crippen LogP contribution in [0, 0.1) is 0 Å². The smallest absolute Gasteiger partial charge is 0.230 e. The molecule has 0 N–H and O–H groups in total. The first-order valence-electron chi connectivity index (χ1n) is 2.96. The molecule has 0 aliphatic rings. The van der Waals surface area contributed by atoms with Gasteiger partial charge in [0.2, 0.25) is 5.24 Å². The summed E-state index contributed by atoms with van der Waals surface area (Å²) in [6.45, 7) is 1.89. The van der Waals surface area contributed by atoms with Crippen LogP contribution >= 0.6 is 11.6 Å². The van der Waals surface area contributed by atoms with Crippen LogP contribution < -0.4 is 0 Å². The summed E-state index contributed by atoms with van der Waals surface area (Å²) in [7, 11) is 0. The van der Waals surface area contributed by atoms with Crippen molar-refractivity contribution >= 4 is 16.8 Å². The van der Waals surface area contributed by atoms with Crippen LogP contribution in [0.1, 0.15) is 19.8 Å². The Morgan fingerprint density at radius 3 is 2.80 bits per heavy atom. The van der Waals surface area contributed by atoms with Crippen LogP contribution in [0.25, 0.3) is 10.4 Å². The first kappa shape index (κ1) is 9.27. The van der Waals surface area contributed by atoms with Crippen molar-refractivity contribution < 1.29 is 4.79 Å². The highest BCUT2D eigenvalue weighted by atomic mass is 35.5. The minimum Gasteiger partial charge on any atom is -0.281 e. The van der Waals surface area contributed by atoms with Crippen molar-refractivity contribution in [1.82, 2.24) is 0 Å². The topological polar surface area (TPSA) is 65.8 Å². The van der Waals surface area contributed by atoms with E-state index in [-0.39, 0.29) is 0 Å². The molecule has 0 saturated heterocycles. The predicted octanol–water partition coefficient (Wildman–Crippen LogP) is 2.23. The van der Waals surface area contributed by atoms with Crippen molar-refractivity contribution in [2.45, 2.75) is 25.8 Å². The quantitative estimate of drug-likeness (QED) is 0.270. The van der Waals surface area contributed by atoms with E-state index < -0.39 is 11.3 Å². The highest BCUT2D eigenvalue weighted by Gasteiger charge is 2.11. The van der Waals surface area contributed by atoms with E-state index in [2.05, 4.69) is 10.0 Å². The minimum atomic E-state index is -0.684. The summed E-state index contributed by atoms with van der Waals surface area (Å²) < 4.78 is 0. The molecule has 5 heteroatoms. The van der Waals surface area contributed by atoms with Crippen LogP contribution in [0.2, 0.25) is 0 Å². The second kappa shape index (κ2) is 5.09. The van der Waals surface area contributed by atoms with Crippen LogP contribution in [0.4, 0.5) is 0 Å². The van der Waals surface area contributed by atoms with Gasteiger partial charge in [0.05, 0.1) is 0 Å². The number of azide groups is 1. The summed E-state index contributed by atoms with van der Waals surface area (Å²) >= 11 is 5.10. The molecule has 0 saturated carbocycles. The van der Waals surface area contributed by atoms with Crippen molar-refractivity contribution in [2.75, 3.05) is 0 Å². The molecule has 0 rings (SSSR count). The fourth-order valence-electron chi connectivity index (χ4n) is 0.552. The fraction of sp³-hybridized carbons (Fsp3) is 0.800. The molecule has 0 aromatic carbocycles. The standard InChI is InChI=1S/C5H8ClN3O/c1-2-3-4(5(6)10)8-9-7/h4H,2-3H2,1H3. The molecular formula is C5H8ClN3O. The van der Waals surface area contributed by atoms with Crippen molar-refractivity contribution in [3.63, 3.8) is 0 Å². The lowest BCUT2D eigenvalue weighted by Crippen LogP contribution is -2.10. The zero-order valence-corrected chi connectivity index (χ0v) is 6.38. The van der Waals surface area contributed by atoms with E-state index in [1.54, 1.807) is 0 Å². The molecule has 0 amide bonds. The summed E-state index contributed by atoms with van der Waals surface area (Å²) in [6, 6.07) is -0.684. The number of hydrogen-bond acceptors (Lipinski definition) is 2. The Bertz CT molecular complexity index is 162. The van der Waals surface area contributed by atoms with Crippen LogP contribution in [-0.4, -0.2) is 11.3 Å². The van der Waals surface area contributed by atoms with E-state index in [9.17, 15) is 4.79 Å². The normalized spacial score (nSPS) is 11.8. The summed E-state index contributed by atoms with van der Waals surface area (Å²) in [5.41, 5.74) is 7.96. The van der Waals surface area contributed by atoms with Gasteiger partial charge in [-0.3, -0.25) is 4.79 Å². The summed E-state index contributed by atoms with van der Waals surface area (Å²) in [5, 5.41) is 2.63. The van der Waals surface area contributed by atoms with Gasteiger partial charge in [-0.1, -0.05) is 18.5 Å². The minimum absolute atomic E-state index is 0.520. The van der Waals surface area contributed by atoms with Crippen molar-refractivity contribution in [3.05, 3.63) is 10.4 Å². The monoisotopic (exact) mass is 161 g/mol. The zero-order valence-electron chi connectivity index (χ0n) is 5.62. The van der Waals surface area contributed by atoms with Crippen molar-refractivity contribution in [2.24, 2.45) is 5.11 Å². The maximum Gasteiger partial charge on any atom is 0.230 e. The van der Waals surface area contributed by atoms with E-state index in [1.165, 1.54) is 0 Å². The van der Waals surface area contributed by atoms with E-state index in [4.69, 9.17) is 17.1 Å². The molecule has 0 fully saturated rings. The van der Waals surface area contributed by atoms with Gasteiger partial charge in [0.1, 0.15) is 6.04 Å². The van der Waals surface area contributed by atoms with Crippen LogP contribution in [0.15, 0.2) is 5.11 Å². The zero-order chi connectivity index (χ0) is 7.98. The van der Waals surface area contributed by atoms with Gasteiger partial charge in [0.15, 0.2) is 0 Å². The van der Waals surface area contributed by atoms with Gasteiger partial charge in [-0.05, 0) is 23.6 Å². The Morgan fingerprint density at radius 1 is 1.90 bits per heavy atom. The molecule has 4 nitrogen and oxygen atoms in total. The molecule has 1 unspecified atom stereocenters. The third-order valence-corrected chi connectivity index (χ3v) is 1.27. The molecule has 56 valence electrons. The number of carbonyl (C=O) groups excluding carboxylic acids is 1. The molecule has 0 aliphatic carbocycles. The highest BCUT2D eigenvalue weighted by Crippen LogP contribution is 2.05. The van der Waals surface area contributed by atoms with E-state index in [0.717, 1.165) is 6.42 Å². The number of carbonyl (C=O) groups is 1. The molecule has 0 aromatic heterocycles. The Hall–Kier alpha value is -0.730. The highest BCUT2D eigenvalue weighted by molar-refractivity contribution is 6.64. The first-order chi connectivity index (χ1) is 4.72. The molecule has 0 aliphatic heterocycles. The Labute approximate surface area is 63.8 Å². The summed E-state index contributed by atoms with van der Waals surface area (Å²) in [6.07, 6.45) is 1.30. The van der Waals surface area contributed by atoms with Gasteiger partial charge in [0, 0.05) is 4.91 Å². The van der Waals surface area contributed by atoms with E-state index >= 15 is 0 Å². The van der Waals surface area contributed by atoms with Crippen molar-refractivity contribution in [1.29, 1.82) is 0 Å². The average molecular weight is 162 g/mol. The second-order valence-electron chi connectivity index (χ2n) is 1.81. The number of rotatable bonds is 4. The maximum absolute atomic E-state index is 10.4. The fourth-order valence-corrected chi connectivity index (χ4v) is 0.705. The molecule has 0 radical (unpaired) electrons. The van der Waals surface area contributed by atoms with Crippen LogP contribution in [-0.2, 0) is 4.79 Å². The van der Waals surface area contributed by atoms with Gasteiger partial charge >= 0.3 is 0 Å². The molecule has 10 heavy (non-hydrogen) atoms. The molecule has 0 aromatic rings. The third kappa shape index (κ3) is 3.33. The van der Waals surface area contributed by atoms with Gasteiger partial charge in [-0.2, -0.15) is 0 Å². The Kier molecular flexibility index (Phi) is 4.72. The predicted molar refractivity (Wildman–Crippen MR) is 38.7 cm³/mol. The Balaban J connectivity index is 3.97. The van der Waals surface area contributed by atoms with E-state index in [0.29, 0.717) is 6.42 Å². The number of nitrogens with zero attached hydrogens (tertiary/aromatic N) is 3. The molecular weight excluding hydrogens is 154 g/mol. The van der Waals surface area contributed by atoms with Gasteiger partial charge in [-0.15, -0.1) is 0 Å². The maximum atomic E-state index is 10.4. The van der Waals surface area contributed by atoms with Crippen LogP contribution in [0.3, 0.4) is 0 Å². The number of hydrogen-bond donors (Lipinski definition) is 0. The summed E-state index contributed by atoms with van der Waals surface area (Å²) in [4.78, 5) is 12.9. The first-order valence-corrected chi connectivity index (χ1v) is 3.33. The largest absolute Gasteiger partial charge is 0.281 e. The lowest BCUT2D eigenvalue weighted by Gasteiger charge is -2.00. The molecule has 0 spiro atoms. The van der Waals surface area contributed by atoms with Gasteiger partial charge in [-0.25, -0.2) is 0 Å². The average Bonchev–Trinajstić information content (AvgIpc) is 1.87. The van der Waals surface area contributed by atoms with Crippen molar-refractivity contribution in [3.8, 4) is 0 Å². The SMILES string of the molecule is CCCC(N=[N+]=[N-])C(=O)Cl. The van der Waals surface area contributed by atoms with Gasteiger partial charge < -0.3 is 0 Å². The second-order valence-corrected chi connectivity index (χ2v) is 2.19. The lowest BCUT2D eigenvalue weighted by molar-refractivity contribution is -0.112. The lowest BCUT2D eigenvalue weighted by atomic mass is 10.2. The van der Waals surface area contributed by atoms with Gasteiger partial charge in [0.25, 0.3) is 0 Å². The third-order valence-electron chi connectivity index (χ3n) is 1.02. The molecule has 0 heterocycles. The molecule has 1 atom stereocenters. The van der Waals surface area contributed by atoms with Crippen LogP contribution in [0.5, 0.6) is 0 Å². The summed E-state index contributed by atoms with van der Waals surface area (Å²) in [5.74, 6) is 0. The van der Waals surface area contributed by atoms with E-state index in [1.807, 2.05) is 6.92 Å².